The highest BCUT2D eigenvalue weighted by Gasteiger charge is 2.31. The number of hydrogen-bond donors (Lipinski definition) is 1. The van der Waals surface area contributed by atoms with E-state index in [2.05, 4.69) is 4.72 Å². The highest BCUT2D eigenvalue weighted by molar-refractivity contribution is 7.92. The van der Waals surface area contributed by atoms with Gasteiger partial charge in [0.2, 0.25) is 0 Å². The molecule has 9 heteroatoms. The van der Waals surface area contributed by atoms with E-state index in [4.69, 9.17) is 5.26 Å². The summed E-state index contributed by atoms with van der Waals surface area (Å²) in [5.41, 5.74) is -1.02. The predicted octanol–water partition coefficient (Wildman–Crippen LogP) is 3.44. The normalized spacial score (nSPS) is 11.9. The quantitative estimate of drug-likeness (QED) is 0.936. The Morgan fingerprint density at radius 1 is 1.24 bits per heavy atom. The molecule has 1 aromatic heterocycles. The van der Waals surface area contributed by atoms with Crippen molar-refractivity contribution in [3.63, 3.8) is 0 Å². The second kappa shape index (κ2) is 5.38. The van der Waals surface area contributed by atoms with Gasteiger partial charge in [-0.15, -0.1) is 11.3 Å². The third kappa shape index (κ3) is 3.34. The first-order valence-corrected chi connectivity index (χ1v) is 7.78. The summed E-state index contributed by atoms with van der Waals surface area (Å²) in [5, 5.41) is 10.3. The van der Waals surface area contributed by atoms with Crippen molar-refractivity contribution >= 4 is 27.0 Å². The molecule has 2 aromatic rings. The number of alkyl halides is 3. The fraction of sp³-hybridized carbons (Fsp3) is 0.0833. The lowest BCUT2D eigenvalue weighted by molar-refractivity contribution is -0.137. The molecule has 0 bridgehead atoms. The summed E-state index contributed by atoms with van der Waals surface area (Å²) >= 11 is 1.02. The molecule has 0 saturated heterocycles. The Kier molecular flexibility index (Phi) is 3.93. The van der Waals surface area contributed by atoms with Crippen molar-refractivity contribution in [1.29, 1.82) is 5.26 Å². The number of sulfonamides is 1. The first-order chi connectivity index (χ1) is 9.74. The van der Waals surface area contributed by atoms with Crippen LogP contribution in [0.25, 0.3) is 0 Å². The summed E-state index contributed by atoms with van der Waals surface area (Å²) in [4.78, 5) is -0.391. The Morgan fingerprint density at radius 3 is 2.57 bits per heavy atom. The van der Waals surface area contributed by atoms with E-state index in [1.807, 2.05) is 0 Å². The van der Waals surface area contributed by atoms with E-state index in [0.717, 1.165) is 29.5 Å². The molecule has 21 heavy (non-hydrogen) atoms. The minimum Gasteiger partial charge on any atom is -0.277 e. The van der Waals surface area contributed by atoms with Crippen molar-refractivity contribution in [3.8, 4) is 6.07 Å². The van der Waals surface area contributed by atoms with Gasteiger partial charge in [-0.2, -0.15) is 18.4 Å². The standard InChI is InChI=1S/C12H7F3N2O2S2/c13-12(14,15)8-2-1-3-9(6-8)21(18,19)17-10-4-5-20-11(10)7-16/h1-6,17H. The molecule has 0 aliphatic carbocycles. The monoisotopic (exact) mass is 332 g/mol. The van der Waals surface area contributed by atoms with Crippen molar-refractivity contribution in [3.05, 3.63) is 46.2 Å². The number of anilines is 1. The number of hydrogen-bond acceptors (Lipinski definition) is 4. The molecule has 0 aliphatic rings. The van der Waals surface area contributed by atoms with Gasteiger partial charge in [0.15, 0.2) is 0 Å². The van der Waals surface area contributed by atoms with Gasteiger partial charge in [0, 0.05) is 0 Å². The van der Waals surface area contributed by atoms with E-state index in [1.165, 1.54) is 11.4 Å². The maximum atomic E-state index is 12.6. The van der Waals surface area contributed by atoms with Crippen LogP contribution in [0, 0.1) is 11.3 Å². The highest BCUT2D eigenvalue weighted by atomic mass is 32.2. The van der Waals surface area contributed by atoms with Gasteiger partial charge in [-0.1, -0.05) is 6.07 Å². The molecule has 0 amide bonds. The Bertz CT molecular complexity index is 804. The molecule has 1 heterocycles. The fourth-order valence-electron chi connectivity index (χ4n) is 1.52. The number of nitrogens with zero attached hydrogens (tertiary/aromatic N) is 1. The number of nitrogens with one attached hydrogen (secondary N) is 1. The van der Waals surface area contributed by atoms with Crippen molar-refractivity contribution < 1.29 is 21.6 Å². The molecule has 0 spiro atoms. The van der Waals surface area contributed by atoms with Gasteiger partial charge < -0.3 is 0 Å². The van der Waals surface area contributed by atoms with Crippen LogP contribution in [0.5, 0.6) is 0 Å². The van der Waals surface area contributed by atoms with Crippen LogP contribution >= 0.6 is 11.3 Å². The predicted molar refractivity (Wildman–Crippen MR) is 71.3 cm³/mol. The maximum absolute atomic E-state index is 12.6. The van der Waals surface area contributed by atoms with Crippen molar-refractivity contribution in [1.82, 2.24) is 0 Å². The smallest absolute Gasteiger partial charge is 0.277 e. The first kappa shape index (κ1) is 15.3. The molecule has 1 aromatic carbocycles. The molecule has 0 unspecified atom stereocenters. The van der Waals surface area contributed by atoms with Gasteiger partial charge in [0.1, 0.15) is 10.9 Å². The summed E-state index contributed by atoms with van der Waals surface area (Å²) in [6.45, 7) is 0. The van der Waals surface area contributed by atoms with Crippen LogP contribution in [0.15, 0.2) is 40.6 Å². The van der Waals surface area contributed by atoms with Crippen molar-refractivity contribution in [2.45, 2.75) is 11.1 Å². The zero-order valence-corrected chi connectivity index (χ0v) is 11.8. The molecule has 0 aliphatic heterocycles. The summed E-state index contributed by atoms with van der Waals surface area (Å²) in [5.74, 6) is 0. The number of thiophene rings is 1. The van der Waals surface area contributed by atoms with Gasteiger partial charge in [0.05, 0.1) is 16.1 Å². The number of rotatable bonds is 3. The Morgan fingerprint density at radius 2 is 1.95 bits per heavy atom. The van der Waals surface area contributed by atoms with Crippen LogP contribution in [0.2, 0.25) is 0 Å². The van der Waals surface area contributed by atoms with E-state index < -0.39 is 26.7 Å². The first-order valence-electron chi connectivity index (χ1n) is 5.42. The van der Waals surface area contributed by atoms with Crippen molar-refractivity contribution in [2.24, 2.45) is 0 Å². The van der Waals surface area contributed by atoms with Gasteiger partial charge in [-0.3, -0.25) is 4.72 Å². The van der Waals surface area contributed by atoms with E-state index in [-0.39, 0.29) is 10.6 Å². The topological polar surface area (TPSA) is 70.0 Å². The van der Waals surface area contributed by atoms with E-state index in [0.29, 0.717) is 6.07 Å². The second-order valence-corrected chi connectivity index (χ2v) is 6.50. The molecule has 4 nitrogen and oxygen atoms in total. The molecule has 0 saturated carbocycles. The number of halogens is 3. The molecule has 0 radical (unpaired) electrons. The lowest BCUT2D eigenvalue weighted by Gasteiger charge is -2.10. The van der Waals surface area contributed by atoms with Crippen LogP contribution < -0.4 is 4.72 Å². The summed E-state index contributed by atoms with van der Waals surface area (Å²) in [6, 6.07) is 6.55. The van der Waals surface area contributed by atoms with Gasteiger partial charge in [-0.05, 0) is 29.6 Å². The Hall–Kier alpha value is -2.05. The zero-order chi connectivity index (χ0) is 15.7. The average molecular weight is 332 g/mol. The SMILES string of the molecule is N#Cc1sccc1NS(=O)(=O)c1cccc(C(F)(F)F)c1. The van der Waals surface area contributed by atoms with Gasteiger partial charge >= 0.3 is 6.18 Å². The molecule has 110 valence electrons. The Balaban J connectivity index is 2.39. The van der Waals surface area contributed by atoms with E-state index in [1.54, 1.807) is 6.07 Å². The second-order valence-electron chi connectivity index (χ2n) is 3.91. The average Bonchev–Trinajstić information content (AvgIpc) is 2.84. The molecule has 0 atom stereocenters. The molecular weight excluding hydrogens is 325 g/mol. The van der Waals surface area contributed by atoms with Crippen LogP contribution in [-0.2, 0) is 16.2 Å². The summed E-state index contributed by atoms with van der Waals surface area (Å²) in [6.07, 6.45) is -4.63. The highest BCUT2D eigenvalue weighted by Crippen LogP contribution is 2.31. The summed E-state index contributed by atoms with van der Waals surface area (Å²) in [7, 11) is -4.19. The van der Waals surface area contributed by atoms with Crippen LogP contribution in [0.1, 0.15) is 10.4 Å². The third-order valence-electron chi connectivity index (χ3n) is 2.48. The minimum atomic E-state index is -4.63. The van der Waals surface area contributed by atoms with Gasteiger partial charge in [0.25, 0.3) is 10.0 Å². The van der Waals surface area contributed by atoms with Crippen LogP contribution in [0.3, 0.4) is 0 Å². The molecule has 2 rings (SSSR count). The number of benzene rings is 1. The van der Waals surface area contributed by atoms with Crippen molar-refractivity contribution in [2.75, 3.05) is 4.72 Å². The molecule has 1 N–H and O–H groups in total. The number of nitriles is 1. The Labute approximate surface area is 122 Å². The maximum Gasteiger partial charge on any atom is 0.416 e. The van der Waals surface area contributed by atoms with Crippen LogP contribution in [0.4, 0.5) is 18.9 Å². The largest absolute Gasteiger partial charge is 0.416 e. The lowest BCUT2D eigenvalue weighted by atomic mass is 10.2. The summed E-state index contributed by atoms with van der Waals surface area (Å²) < 4.78 is 64.0. The fourth-order valence-corrected chi connectivity index (χ4v) is 3.34. The minimum absolute atomic E-state index is 0.0416. The lowest BCUT2D eigenvalue weighted by Crippen LogP contribution is -2.14. The van der Waals surface area contributed by atoms with Gasteiger partial charge in [-0.25, -0.2) is 8.42 Å². The van der Waals surface area contributed by atoms with Crippen LogP contribution in [-0.4, -0.2) is 8.42 Å². The van der Waals surface area contributed by atoms with E-state index in [9.17, 15) is 21.6 Å². The molecular formula is C12H7F3N2O2S2. The third-order valence-corrected chi connectivity index (χ3v) is 4.67. The van der Waals surface area contributed by atoms with E-state index >= 15 is 0 Å². The zero-order valence-electron chi connectivity index (χ0n) is 10.2. The molecule has 0 fully saturated rings.